The number of carbonyl (C=O) groups is 1. The van der Waals surface area contributed by atoms with Crippen molar-refractivity contribution in [1.29, 1.82) is 0 Å². The number of anilines is 3. The third-order valence-electron chi connectivity index (χ3n) is 7.38. The average Bonchev–Trinajstić information content (AvgIpc) is 3.41. The van der Waals surface area contributed by atoms with Crippen molar-refractivity contribution >= 4 is 34.3 Å². The van der Waals surface area contributed by atoms with Gasteiger partial charge in [0.1, 0.15) is 11.5 Å². The summed E-state index contributed by atoms with van der Waals surface area (Å²) in [5.41, 5.74) is 2.16. The van der Waals surface area contributed by atoms with Crippen molar-refractivity contribution in [3.05, 3.63) is 46.0 Å². The first-order valence-electron chi connectivity index (χ1n) is 13.5. The normalized spacial score (nSPS) is 14.0. The zero-order valence-corrected chi connectivity index (χ0v) is 22.5. The molecule has 0 bridgehead atoms. The van der Waals surface area contributed by atoms with E-state index in [1.807, 2.05) is 12.1 Å². The first-order valence-corrected chi connectivity index (χ1v) is 13.5. The Kier molecular flexibility index (Phi) is 8.87. The predicted molar refractivity (Wildman–Crippen MR) is 149 cm³/mol. The number of fused-ring (bicyclic) bond motifs is 1. The summed E-state index contributed by atoms with van der Waals surface area (Å²) < 4.78 is 1.72. The zero-order chi connectivity index (χ0) is 26.4. The van der Waals surface area contributed by atoms with E-state index in [0.717, 1.165) is 69.4 Å². The van der Waals surface area contributed by atoms with E-state index >= 15 is 0 Å². The van der Waals surface area contributed by atoms with E-state index in [9.17, 15) is 9.59 Å². The molecule has 9 nitrogen and oxygen atoms in total. The summed E-state index contributed by atoms with van der Waals surface area (Å²) in [4.78, 5) is 41.8. The molecule has 0 radical (unpaired) electrons. The van der Waals surface area contributed by atoms with Gasteiger partial charge in [-0.25, -0.2) is 9.97 Å². The molecule has 37 heavy (non-hydrogen) atoms. The van der Waals surface area contributed by atoms with Crippen LogP contribution in [-0.2, 0) is 0 Å². The minimum absolute atomic E-state index is 0.0481. The van der Waals surface area contributed by atoms with Crippen molar-refractivity contribution in [3.63, 3.8) is 0 Å². The van der Waals surface area contributed by atoms with Gasteiger partial charge >= 0.3 is 0 Å². The van der Waals surface area contributed by atoms with Crippen LogP contribution in [0.3, 0.4) is 0 Å². The Bertz CT molecular complexity index is 1280. The Hall–Kier alpha value is -3.33. The van der Waals surface area contributed by atoms with Crippen molar-refractivity contribution in [2.45, 2.75) is 72.3 Å². The van der Waals surface area contributed by atoms with Gasteiger partial charge in [0.2, 0.25) is 5.95 Å². The molecule has 1 saturated carbocycles. The van der Waals surface area contributed by atoms with E-state index in [2.05, 4.69) is 39.3 Å². The van der Waals surface area contributed by atoms with Crippen LogP contribution >= 0.6 is 0 Å². The summed E-state index contributed by atoms with van der Waals surface area (Å²) in [5, 5.41) is 7.33. The summed E-state index contributed by atoms with van der Waals surface area (Å²) in [6.07, 6.45) is 9.73. The molecule has 1 fully saturated rings. The van der Waals surface area contributed by atoms with Gasteiger partial charge in [0.15, 0.2) is 5.78 Å². The van der Waals surface area contributed by atoms with Gasteiger partial charge in [-0.15, -0.1) is 0 Å². The van der Waals surface area contributed by atoms with Crippen LogP contribution in [0.4, 0.5) is 17.5 Å². The van der Waals surface area contributed by atoms with Crippen LogP contribution in [0.2, 0.25) is 0 Å². The van der Waals surface area contributed by atoms with Crippen molar-refractivity contribution in [2.75, 3.05) is 36.8 Å². The highest BCUT2D eigenvalue weighted by atomic mass is 16.1. The van der Waals surface area contributed by atoms with E-state index in [0.29, 0.717) is 23.0 Å². The Morgan fingerprint density at radius 1 is 1.11 bits per heavy atom. The standard InChI is InChI=1S/C28H39N7O2/c1-5-34(6-2)16-10-9-15-29-21-13-14-24(30-17-21)32-28-31-18-23-19(3)25(20(4)36)27(37)35(26(23)33-28)22-11-7-8-12-22/h13-14,17-18,22,29H,5-12,15-16H2,1-4H3,(H,30,31,32,33). The van der Waals surface area contributed by atoms with Crippen LogP contribution in [0.15, 0.2) is 29.3 Å². The van der Waals surface area contributed by atoms with Crippen LogP contribution in [0.25, 0.3) is 11.0 Å². The highest BCUT2D eigenvalue weighted by Crippen LogP contribution is 2.32. The van der Waals surface area contributed by atoms with Crippen molar-refractivity contribution < 1.29 is 4.79 Å². The first kappa shape index (κ1) is 26.7. The number of ketones is 1. The van der Waals surface area contributed by atoms with Crippen molar-refractivity contribution in [3.8, 4) is 0 Å². The number of pyridine rings is 2. The number of rotatable bonds is 12. The summed E-state index contributed by atoms with van der Waals surface area (Å²) in [6.45, 7) is 11.9. The second-order valence-electron chi connectivity index (χ2n) is 9.82. The lowest BCUT2D eigenvalue weighted by Gasteiger charge is -2.19. The summed E-state index contributed by atoms with van der Waals surface area (Å²) in [7, 11) is 0. The predicted octanol–water partition coefficient (Wildman–Crippen LogP) is 5.09. The maximum Gasteiger partial charge on any atom is 0.263 e. The van der Waals surface area contributed by atoms with Crippen LogP contribution in [0, 0.1) is 6.92 Å². The van der Waals surface area contributed by atoms with E-state index in [-0.39, 0.29) is 22.9 Å². The second kappa shape index (κ2) is 12.3. The Morgan fingerprint density at radius 2 is 1.86 bits per heavy atom. The molecule has 4 rings (SSSR count). The topological polar surface area (TPSA) is 105 Å². The highest BCUT2D eigenvalue weighted by Gasteiger charge is 2.25. The lowest BCUT2D eigenvalue weighted by Crippen LogP contribution is -2.30. The molecule has 2 N–H and O–H groups in total. The molecular weight excluding hydrogens is 466 g/mol. The SMILES string of the molecule is CCN(CC)CCCCNc1ccc(Nc2ncc3c(C)c(C(C)=O)c(=O)n(C4CCCC4)c3n2)nc1. The smallest absolute Gasteiger partial charge is 0.263 e. The maximum absolute atomic E-state index is 13.4. The van der Waals surface area contributed by atoms with Gasteiger partial charge in [0.25, 0.3) is 5.56 Å². The van der Waals surface area contributed by atoms with Gasteiger partial charge in [-0.05, 0) is 76.9 Å². The van der Waals surface area contributed by atoms with Crippen molar-refractivity contribution in [1.82, 2.24) is 24.4 Å². The van der Waals surface area contributed by atoms with Crippen LogP contribution in [-0.4, -0.2) is 56.4 Å². The molecule has 0 aliphatic heterocycles. The Balaban J connectivity index is 1.48. The third-order valence-corrected chi connectivity index (χ3v) is 7.38. The minimum Gasteiger partial charge on any atom is -0.384 e. The molecule has 1 aliphatic carbocycles. The monoisotopic (exact) mass is 505 g/mol. The fraction of sp³-hybridized carbons (Fsp3) is 0.536. The van der Waals surface area contributed by atoms with E-state index in [4.69, 9.17) is 4.98 Å². The fourth-order valence-electron chi connectivity index (χ4n) is 5.23. The summed E-state index contributed by atoms with van der Waals surface area (Å²) >= 11 is 0. The number of aryl methyl sites for hydroxylation is 1. The van der Waals surface area contributed by atoms with Gasteiger partial charge in [-0.2, -0.15) is 4.98 Å². The molecule has 0 spiro atoms. The largest absolute Gasteiger partial charge is 0.384 e. The van der Waals surface area contributed by atoms with Crippen molar-refractivity contribution in [2.24, 2.45) is 0 Å². The van der Waals surface area contributed by atoms with Gasteiger partial charge in [0, 0.05) is 24.2 Å². The number of Topliss-reactive ketones (excluding diaryl/α,β-unsaturated/α-hetero) is 1. The molecule has 0 atom stereocenters. The van der Waals surface area contributed by atoms with Gasteiger partial charge < -0.3 is 15.5 Å². The number of carbonyl (C=O) groups excluding carboxylic acids is 1. The average molecular weight is 506 g/mol. The van der Waals surface area contributed by atoms with E-state index in [1.54, 1.807) is 23.9 Å². The lowest BCUT2D eigenvalue weighted by atomic mass is 10.0. The highest BCUT2D eigenvalue weighted by molar-refractivity contribution is 5.99. The second-order valence-corrected chi connectivity index (χ2v) is 9.82. The maximum atomic E-state index is 13.4. The zero-order valence-electron chi connectivity index (χ0n) is 22.5. The molecule has 0 aromatic carbocycles. The molecule has 1 aliphatic rings. The quantitative estimate of drug-likeness (QED) is 0.259. The third kappa shape index (κ3) is 6.15. The number of aromatic nitrogens is 4. The minimum atomic E-state index is -0.250. The fourth-order valence-corrected chi connectivity index (χ4v) is 5.23. The molecule has 198 valence electrons. The number of nitrogens with zero attached hydrogens (tertiary/aromatic N) is 5. The van der Waals surface area contributed by atoms with Crippen LogP contribution in [0.1, 0.15) is 81.3 Å². The Labute approximate surface area is 218 Å². The number of hydrogen-bond acceptors (Lipinski definition) is 8. The molecule has 0 amide bonds. The van der Waals surface area contributed by atoms with Crippen LogP contribution in [0.5, 0.6) is 0 Å². The van der Waals surface area contributed by atoms with E-state index < -0.39 is 0 Å². The van der Waals surface area contributed by atoms with Gasteiger partial charge in [0.05, 0.1) is 17.4 Å². The summed E-state index contributed by atoms with van der Waals surface area (Å²) in [6, 6.07) is 3.92. The number of hydrogen-bond donors (Lipinski definition) is 2. The van der Waals surface area contributed by atoms with E-state index in [1.165, 1.54) is 13.3 Å². The summed E-state index contributed by atoms with van der Waals surface area (Å²) in [5.74, 6) is 0.775. The molecule has 9 heteroatoms. The molecular formula is C28H39N7O2. The molecule has 0 saturated heterocycles. The molecule has 3 aromatic heterocycles. The molecule has 3 heterocycles. The number of unbranched alkanes of at least 4 members (excludes halogenated alkanes) is 1. The molecule has 0 unspecified atom stereocenters. The number of nitrogens with one attached hydrogen (secondary N) is 2. The van der Waals surface area contributed by atoms with Gasteiger partial charge in [-0.3, -0.25) is 14.2 Å². The first-order chi connectivity index (χ1) is 17.9. The van der Waals surface area contributed by atoms with Gasteiger partial charge in [-0.1, -0.05) is 26.7 Å². The Morgan fingerprint density at radius 3 is 2.51 bits per heavy atom. The molecule has 3 aromatic rings. The lowest BCUT2D eigenvalue weighted by molar-refractivity contribution is 0.101. The van der Waals surface area contributed by atoms with Crippen LogP contribution < -0.4 is 16.2 Å².